The van der Waals surface area contributed by atoms with Crippen molar-refractivity contribution in [1.29, 1.82) is 0 Å². The number of nitrogens with zero attached hydrogens (tertiary/aromatic N) is 4. The molecule has 0 saturated heterocycles. The number of nitro groups is 1. The molecular formula is C26H22Br2N4O5. The summed E-state index contributed by atoms with van der Waals surface area (Å²) >= 11 is 6.88. The van der Waals surface area contributed by atoms with Gasteiger partial charge in [-0.2, -0.15) is 9.78 Å². The second kappa shape index (κ2) is 11.7. The monoisotopic (exact) mass is 628 g/mol. The number of aromatic nitrogens is 2. The Kier molecular flexibility index (Phi) is 8.34. The number of aryl methyl sites for hydroxylation is 1. The first-order valence-electron chi connectivity index (χ1n) is 11.3. The number of halogens is 2. The molecule has 1 heterocycles. The quantitative estimate of drug-likeness (QED) is 0.123. The van der Waals surface area contributed by atoms with E-state index in [1.165, 1.54) is 30.1 Å². The summed E-state index contributed by atoms with van der Waals surface area (Å²) in [5, 5.41) is 16.1. The van der Waals surface area contributed by atoms with Crippen LogP contribution in [0.1, 0.15) is 30.3 Å². The van der Waals surface area contributed by atoms with Crippen LogP contribution in [0.4, 0.5) is 5.69 Å². The van der Waals surface area contributed by atoms with E-state index in [0.717, 1.165) is 15.4 Å². The molecule has 0 amide bonds. The first kappa shape index (κ1) is 26.5. The topological polar surface area (TPSA) is 109 Å². The highest BCUT2D eigenvalue weighted by Gasteiger charge is 2.15. The van der Waals surface area contributed by atoms with E-state index in [1.807, 2.05) is 13.0 Å². The molecule has 9 nitrogen and oxygen atoms in total. The fraction of sp³-hybridized carbons (Fsp3) is 0.192. The lowest BCUT2D eigenvalue weighted by Gasteiger charge is -2.14. The number of nitro benzene ring substituents is 1. The second-order valence-corrected chi connectivity index (χ2v) is 9.87. The number of non-ortho nitro benzene ring substituents is 1. The predicted molar refractivity (Wildman–Crippen MR) is 149 cm³/mol. The van der Waals surface area contributed by atoms with Crippen molar-refractivity contribution in [2.75, 3.05) is 7.11 Å². The molecule has 3 aromatic carbocycles. The molecule has 11 heteroatoms. The molecule has 0 saturated carbocycles. The zero-order chi connectivity index (χ0) is 26.5. The number of hydrogen-bond donors (Lipinski definition) is 0. The third-order valence-corrected chi connectivity index (χ3v) is 6.39. The predicted octanol–water partition coefficient (Wildman–Crippen LogP) is 6.25. The number of hydrogen-bond acceptors (Lipinski definition) is 7. The van der Waals surface area contributed by atoms with Crippen LogP contribution in [0.5, 0.6) is 11.5 Å². The fourth-order valence-electron chi connectivity index (χ4n) is 3.73. The van der Waals surface area contributed by atoms with E-state index < -0.39 is 4.92 Å². The number of fused-ring (bicyclic) bond motifs is 1. The van der Waals surface area contributed by atoms with Gasteiger partial charge in [-0.1, -0.05) is 50.9 Å². The smallest absolute Gasteiger partial charge is 0.282 e. The average Bonchev–Trinajstić information content (AvgIpc) is 2.88. The first-order chi connectivity index (χ1) is 17.8. The number of ether oxygens (including phenoxy) is 2. The van der Waals surface area contributed by atoms with Crippen molar-refractivity contribution in [3.8, 4) is 11.5 Å². The standard InChI is InChI=1S/C26H22Br2N4O5/c1-3-5-24-30-22-9-8-18(27)12-21(22)26(33)31(24)29-14-17-11-19(28)13-23(36-2)25(17)37-15-16-6-4-7-20(10-16)32(34)35/h4,6-14H,3,5,15H2,1-2H3. The highest BCUT2D eigenvalue weighted by atomic mass is 79.9. The Bertz CT molecular complexity index is 1570. The summed E-state index contributed by atoms with van der Waals surface area (Å²) in [6.45, 7) is 2.07. The van der Waals surface area contributed by atoms with Gasteiger partial charge >= 0.3 is 0 Å². The molecule has 0 N–H and O–H groups in total. The van der Waals surface area contributed by atoms with Crippen molar-refractivity contribution >= 4 is 54.7 Å². The van der Waals surface area contributed by atoms with Crippen LogP contribution in [0.15, 0.2) is 73.4 Å². The van der Waals surface area contributed by atoms with Crippen LogP contribution in [0.3, 0.4) is 0 Å². The zero-order valence-corrected chi connectivity index (χ0v) is 23.2. The molecule has 0 bridgehead atoms. The Balaban J connectivity index is 1.76. The first-order valence-corrected chi connectivity index (χ1v) is 12.9. The molecule has 0 unspecified atom stereocenters. The highest BCUT2D eigenvalue weighted by Crippen LogP contribution is 2.35. The van der Waals surface area contributed by atoms with Gasteiger partial charge in [-0.05, 0) is 42.3 Å². The summed E-state index contributed by atoms with van der Waals surface area (Å²) in [6.07, 6.45) is 2.87. The summed E-state index contributed by atoms with van der Waals surface area (Å²) in [5.74, 6) is 1.35. The van der Waals surface area contributed by atoms with Gasteiger partial charge < -0.3 is 9.47 Å². The van der Waals surface area contributed by atoms with Crippen LogP contribution < -0.4 is 15.0 Å². The van der Waals surface area contributed by atoms with Gasteiger partial charge in [-0.25, -0.2) is 4.98 Å². The maximum atomic E-state index is 13.3. The second-order valence-electron chi connectivity index (χ2n) is 8.04. The van der Waals surface area contributed by atoms with E-state index in [4.69, 9.17) is 9.47 Å². The van der Waals surface area contributed by atoms with Gasteiger partial charge in [0.05, 0.1) is 29.2 Å². The van der Waals surface area contributed by atoms with Gasteiger partial charge in [-0.15, -0.1) is 0 Å². The minimum atomic E-state index is -0.455. The molecule has 4 rings (SSSR count). The Morgan fingerprint density at radius 3 is 2.68 bits per heavy atom. The van der Waals surface area contributed by atoms with Crippen molar-refractivity contribution in [2.45, 2.75) is 26.4 Å². The fourth-order valence-corrected chi connectivity index (χ4v) is 4.54. The maximum Gasteiger partial charge on any atom is 0.282 e. The van der Waals surface area contributed by atoms with E-state index >= 15 is 0 Å². The summed E-state index contributed by atoms with van der Waals surface area (Å²) in [6, 6.07) is 15.1. The van der Waals surface area contributed by atoms with Crippen molar-refractivity contribution in [2.24, 2.45) is 5.10 Å². The van der Waals surface area contributed by atoms with Crippen LogP contribution >= 0.6 is 31.9 Å². The third-order valence-electron chi connectivity index (χ3n) is 5.43. The Hall–Kier alpha value is -3.57. The highest BCUT2D eigenvalue weighted by molar-refractivity contribution is 9.10. The van der Waals surface area contributed by atoms with Crippen molar-refractivity contribution in [3.63, 3.8) is 0 Å². The molecule has 0 fully saturated rings. The van der Waals surface area contributed by atoms with Crippen LogP contribution in [0.25, 0.3) is 10.9 Å². The molecular weight excluding hydrogens is 608 g/mol. The molecule has 190 valence electrons. The van der Waals surface area contributed by atoms with E-state index in [0.29, 0.717) is 45.8 Å². The normalized spacial score (nSPS) is 11.2. The zero-order valence-electron chi connectivity index (χ0n) is 20.0. The summed E-state index contributed by atoms with van der Waals surface area (Å²) in [7, 11) is 1.51. The molecule has 0 atom stereocenters. The molecule has 4 aromatic rings. The third kappa shape index (κ3) is 6.05. The number of benzene rings is 3. The maximum absolute atomic E-state index is 13.3. The lowest BCUT2D eigenvalue weighted by molar-refractivity contribution is -0.384. The van der Waals surface area contributed by atoms with E-state index in [-0.39, 0.29) is 17.9 Å². The van der Waals surface area contributed by atoms with E-state index in [2.05, 4.69) is 41.9 Å². The molecule has 0 aliphatic carbocycles. The van der Waals surface area contributed by atoms with Gasteiger partial charge in [-0.3, -0.25) is 14.9 Å². The summed E-state index contributed by atoms with van der Waals surface area (Å²) < 4.78 is 14.4. The van der Waals surface area contributed by atoms with E-state index in [9.17, 15) is 14.9 Å². The van der Waals surface area contributed by atoms with Crippen LogP contribution in [-0.2, 0) is 13.0 Å². The van der Waals surface area contributed by atoms with Gasteiger partial charge in [0, 0.05) is 33.1 Å². The van der Waals surface area contributed by atoms with Gasteiger partial charge in [0.1, 0.15) is 12.4 Å². The minimum Gasteiger partial charge on any atom is -0.493 e. The number of methoxy groups -OCH3 is 1. The number of rotatable bonds is 9. The van der Waals surface area contributed by atoms with Gasteiger partial charge in [0.2, 0.25) is 0 Å². The Morgan fingerprint density at radius 2 is 1.95 bits per heavy atom. The lowest BCUT2D eigenvalue weighted by atomic mass is 10.2. The molecule has 0 spiro atoms. The summed E-state index contributed by atoms with van der Waals surface area (Å²) in [5.41, 5.74) is 1.46. The lowest BCUT2D eigenvalue weighted by Crippen LogP contribution is -2.22. The SMILES string of the molecule is CCCc1nc2ccc(Br)cc2c(=O)n1N=Cc1cc(Br)cc(OC)c1OCc1cccc([N+](=O)[O-])c1. The van der Waals surface area contributed by atoms with Crippen molar-refractivity contribution in [1.82, 2.24) is 9.66 Å². The van der Waals surface area contributed by atoms with Gasteiger partial charge in [0.25, 0.3) is 11.2 Å². The van der Waals surface area contributed by atoms with Gasteiger partial charge in [0.15, 0.2) is 11.5 Å². The van der Waals surface area contributed by atoms with Crippen LogP contribution in [0.2, 0.25) is 0 Å². The average molecular weight is 630 g/mol. The molecule has 37 heavy (non-hydrogen) atoms. The molecule has 0 radical (unpaired) electrons. The van der Waals surface area contributed by atoms with Crippen LogP contribution in [-0.4, -0.2) is 27.9 Å². The molecule has 1 aromatic heterocycles. The summed E-state index contributed by atoms with van der Waals surface area (Å²) in [4.78, 5) is 28.7. The molecule has 0 aliphatic rings. The van der Waals surface area contributed by atoms with Crippen molar-refractivity contribution < 1.29 is 14.4 Å². The Morgan fingerprint density at radius 1 is 1.14 bits per heavy atom. The Labute approximate surface area is 229 Å². The van der Waals surface area contributed by atoms with Crippen molar-refractivity contribution in [3.05, 3.63) is 101 Å². The minimum absolute atomic E-state index is 0.0241. The van der Waals surface area contributed by atoms with E-state index in [1.54, 1.807) is 36.4 Å². The molecule has 0 aliphatic heterocycles. The van der Waals surface area contributed by atoms with Crippen LogP contribution in [0, 0.1) is 10.1 Å². The largest absolute Gasteiger partial charge is 0.493 e.